The van der Waals surface area contributed by atoms with E-state index in [-0.39, 0.29) is 28.8 Å². The number of benzene rings is 3. The maximum atomic E-state index is 13.3. The van der Waals surface area contributed by atoms with Crippen molar-refractivity contribution in [3.05, 3.63) is 97.8 Å². The Morgan fingerprint density at radius 1 is 1.17 bits per heavy atom. The Morgan fingerprint density at radius 2 is 1.89 bits per heavy atom. The number of nitro benzene ring substituents is 1. The molecule has 0 saturated carbocycles. The second-order valence-electron chi connectivity index (χ2n) is 7.37. The first-order valence-electron chi connectivity index (χ1n) is 10.8. The van der Waals surface area contributed by atoms with Crippen molar-refractivity contribution in [2.24, 2.45) is 5.10 Å². The fourth-order valence-electron chi connectivity index (χ4n) is 3.45. The Labute approximate surface area is 209 Å². The Kier molecular flexibility index (Phi) is 7.36. The van der Waals surface area contributed by atoms with Crippen LogP contribution in [0.1, 0.15) is 12.5 Å². The molecule has 0 spiro atoms. The highest BCUT2D eigenvalue weighted by atomic mass is 35.5. The highest BCUT2D eigenvalue weighted by Gasteiger charge is 2.22. The van der Waals surface area contributed by atoms with Crippen LogP contribution >= 0.6 is 11.6 Å². The molecule has 1 heterocycles. The topological polar surface area (TPSA) is 126 Å². The first-order chi connectivity index (χ1) is 17.4. The molecule has 182 valence electrons. The van der Waals surface area contributed by atoms with Crippen LogP contribution in [0.15, 0.2) is 76.6 Å². The SMILES string of the molecule is CCOC(=O)COc1c(C=Nn2c(-c3ccccc3)nc3ccccc3c2=O)cc(Cl)cc1[N+](=O)[O-]. The van der Waals surface area contributed by atoms with Crippen molar-refractivity contribution in [3.63, 3.8) is 0 Å². The molecule has 0 bridgehead atoms. The zero-order chi connectivity index (χ0) is 25.7. The smallest absolute Gasteiger partial charge is 0.344 e. The molecule has 0 unspecified atom stereocenters. The molecule has 4 rings (SSSR count). The van der Waals surface area contributed by atoms with Crippen molar-refractivity contribution >= 4 is 40.4 Å². The molecule has 0 amide bonds. The molecule has 3 aromatic carbocycles. The van der Waals surface area contributed by atoms with Gasteiger partial charge in [0.05, 0.1) is 28.6 Å². The number of para-hydroxylation sites is 1. The third kappa shape index (κ3) is 5.23. The predicted octanol–water partition coefficient (Wildman–Crippen LogP) is 4.45. The van der Waals surface area contributed by atoms with Crippen LogP contribution < -0.4 is 10.3 Å². The van der Waals surface area contributed by atoms with Crippen LogP contribution in [0.25, 0.3) is 22.3 Å². The number of hydrogen-bond donors (Lipinski definition) is 0. The number of ether oxygens (including phenoxy) is 2. The fraction of sp³-hybridized carbons (Fsp3) is 0.120. The molecule has 0 aliphatic rings. The fourth-order valence-corrected chi connectivity index (χ4v) is 3.67. The van der Waals surface area contributed by atoms with Crippen LogP contribution in [-0.2, 0) is 9.53 Å². The zero-order valence-electron chi connectivity index (χ0n) is 19.0. The maximum Gasteiger partial charge on any atom is 0.344 e. The lowest BCUT2D eigenvalue weighted by molar-refractivity contribution is -0.385. The average molecular weight is 507 g/mol. The minimum atomic E-state index is -0.703. The number of esters is 1. The van der Waals surface area contributed by atoms with E-state index < -0.39 is 28.7 Å². The van der Waals surface area contributed by atoms with E-state index in [0.29, 0.717) is 16.5 Å². The van der Waals surface area contributed by atoms with Gasteiger partial charge >= 0.3 is 11.7 Å². The van der Waals surface area contributed by atoms with E-state index in [1.54, 1.807) is 55.5 Å². The Morgan fingerprint density at radius 3 is 2.61 bits per heavy atom. The number of carbonyl (C=O) groups excluding carboxylic acids is 1. The van der Waals surface area contributed by atoms with Gasteiger partial charge in [0.1, 0.15) is 0 Å². The lowest BCUT2D eigenvalue weighted by Crippen LogP contribution is -2.20. The van der Waals surface area contributed by atoms with Crippen LogP contribution in [0.3, 0.4) is 0 Å². The zero-order valence-corrected chi connectivity index (χ0v) is 19.7. The Bertz CT molecular complexity index is 1540. The second-order valence-corrected chi connectivity index (χ2v) is 7.81. The standard InChI is InChI=1S/C25H19ClN4O6/c1-2-35-22(31)15-36-23-17(12-18(26)13-21(23)30(33)34)14-27-29-24(16-8-4-3-5-9-16)28-20-11-7-6-10-19(20)25(29)32/h3-14H,2,15H2,1H3. The van der Waals surface area contributed by atoms with Gasteiger partial charge in [0.2, 0.25) is 5.75 Å². The third-order valence-corrected chi connectivity index (χ3v) is 5.22. The van der Waals surface area contributed by atoms with E-state index in [1.165, 1.54) is 12.3 Å². The van der Waals surface area contributed by atoms with E-state index in [2.05, 4.69) is 10.1 Å². The summed E-state index contributed by atoms with van der Waals surface area (Å²) in [6.07, 6.45) is 1.20. The van der Waals surface area contributed by atoms with E-state index in [0.717, 1.165) is 10.7 Å². The molecule has 0 radical (unpaired) electrons. The molecule has 11 heteroatoms. The number of rotatable bonds is 8. The summed E-state index contributed by atoms with van der Waals surface area (Å²) in [4.78, 5) is 40.7. The minimum absolute atomic E-state index is 0.0406. The van der Waals surface area contributed by atoms with Crippen LogP contribution in [0.5, 0.6) is 5.75 Å². The van der Waals surface area contributed by atoms with Gasteiger partial charge in [0.15, 0.2) is 12.4 Å². The van der Waals surface area contributed by atoms with Crippen molar-refractivity contribution in [2.75, 3.05) is 13.2 Å². The molecule has 0 N–H and O–H groups in total. The summed E-state index contributed by atoms with van der Waals surface area (Å²) in [6, 6.07) is 18.3. The van der Waals surface area contributed by atoms with Gasteiger partial charge in [-0.1, -0.05) is 54.1 Å². The number of carbonyl (C=O) groups is 1. The summed E-state index contributed by atoms with van der Waals surface area (Å²) < 4.78 is 11.4. The van der Waals surface area contributed by atoms with Gasteiger partial charge in [0, 0.05) is 22.2 Å². The van der Waals surface area contributed by atoms with Crippen LogP contribution in [0, 0.1) is 10.1 Å². The number of halogens is 1. The second kappa shape index (κ2) is 10.8. The molecule has 0 aliphatic heterocycles. The molecule has 0 saturated heterocycles. The lowest BCUT2D eigenvalue weighted by atomic mass is 10.2. The van der Waals surface area contributed by atoms with E-state index in [9.17, 15) is 19.7 Å². The van der Waals surface area contributed by atoms with Gasteiger partial charge in [-0.25, -0.2) is 9.78 Å². The third-order valence-electron chi connectivity index (χ3n) is 5.00. The lowest BCUT2D eigenvalue weighted by Gasteiger charge is -2.11. The largest absolute Gasteiger partial charge is 0.474 e. The number of fused-ring (bicyclic) bond motifs is 1. The number of hydrogen-bond acceptors (Lipinski definition) is 8. The van der Waals surface area contributed by atoms with Gasteiger partial charge in [-0.2, -0.15) is 9.78 Å². The summed E-state index contributed by atoms with van der Waals surface area (Å²) in [7, 11) is 0. The Hall–Kier alpha value is -4.57. The monoisotopic (exact) mass is 506 g/mol. The highest BCUT2D eigenvalue weighted by molar-refractivity contribution is 6.31. The quantitative estimate of drug-likeness (QED) is 0.149. The summed E-state index contributed by atoms with van der Waals surface area (Å²) in [5, 5.41) is 16.3. The molecule has 1 aromatic heterocycles. The minimum Gasteiger partial charge on any atom is -0.474 e. The molecule has 10 nitrogen and oxygen atoms in total. The summed E-state index contributed by atoms with van der Waals surface area (Å²) in [5.74, 6) is -0.684. The molecule has 0 aliphatic carbocycles. The number of aromatic nitrogens is 2. The Balaban J connectivity index is 1.87. The van der Waals surface area contributed by atoms with Crippen molar-refractivity contribution in [2.45, 2.75) is 6.92 Å². The van der Waals surface area contributed by atoms with Gasteiger partial charge < -0.3 is 9.47 Å². The van der Waals surface area contributed by atoms with Gasteiger partial charge in [0.25, 0.3) is 5.56 Å². The molecular weight excluding hydrogens is 488 g/mol. The van der Waals surface area contributed by atoms with Crippen LogP contribution in [0.4, 0.5) is 5.69 Å². The van der Waals surface area contributed by atoms with Gasteiger partial charge in [-0.3, -0.25) is 14.9 Å². The highest BCUT2D eigenvalue weighted by Crippen LogP contribution is 2.34. The molecule has 0 fully saturated rings. The first-order valence-corrected chi connectivity index (χ1v) is 11.1. The van der Waals surface area contributed by atoms with E-state index in [4.69, 9.17) is 21.1 Å². The first kappa shape index (κ1) is 24.6. The summed E-state index contributed by atoms with van der Waals surface area (Å²) in [5.41, 5.74) is 0.289. The van der Waals surface area contributed by atoms with E-state index >= 15 is 0 Å². The number of nitrogens with zero attached hydrogens (tertiary/aromatic N) is 4. The summed E-state index contributed by atoms with van der Waals surface area (Å²) in [6.45, 7) is 1.18. The van der Waals surface area contributed by atoms with E-state index in [1.807, 2.05) is 6.07 Å². The van der Waals surface area contributed by atoms with Gasteiger partial charge in [-0.15, -0.1) is 0 Å². The van der Waals surface area contributed by atoms with Crippen LogP contribution in [0.2, 0.25) is 5.02 Å². The van der Waals surface area contributed by atoms with Crippen molar-refractivity contribution in [1.29, 1.82) is 0 Å². The van der Waals surface area contributed by atoms with Crippen LogP contribution in [-0.4, -0.2) is 40.0 Å². The number of nitro groups is 1. The van der Waals surface area contributed by atoms with Crippen molar-refractivity contribution < 1.29 is 19.2 Å². The van der Waals surface area contributed by atoms with Gasteiger partial charge in [-0.05, 0) is 25.1 Å². The molecule has 36 heavy (non-hydrogen) atoms. The normalized spacial score (nSPS) is 11.1. The van der Waals surface area contributed by atoms with Crippen molar-refractivity contribution in [3.8, 4) is 17.1 Å². The maximum absolute atomic E-state index is 13.3. The molecular formula is C25H19ClN4O6. The summed E-state index contributed by atoms with van der Waals surface area (Å²) >= 11 is 6.10. The van der Waals surface area contributed by atoms with Crippen molar-refractivity contribution in [1.82, 2.24) is 9.66 Å². The molecule has 0 atom stereocenters. The average Bonchev–Trinajstić information content (AvgIpc) is 2.87. The predicted molar refractivity (Wildman–Crippen MR) is 135 cm³/mol. The molecule has 4 aromatic rings.